The number of allylic oxidation sites excluding steroid dienone is 2. The van der Waals surface area contributed by atoms with Gasteiger partial charge in [0, 0.05) is 30.2 Å². The van der Waals surface area contributed by atoms with Crippen molar-refractivity contribution < 1.29 is 23.0 Å². The molecule has 2 N–H and O–H groups in total. The second-order valence-corrected chi connectivity index (χ2v) is 5.43. The van der Waals surface area contributed by atoms with E-state index in [0.29, 0.717) is 18.9 Å². The van der Waals surface area contributed by atoms with Crippen LogP contribution < -0.4 is 5.73 Å². The van der Waals surface area contributed by atoms with Crippen molar-refractivity contribution in [2.75, 3.05) is 13.1 Å². The van der Waals surface area contributed by atoms with Gasteiger partial charge in [-0.25, -0.2) is 4.90 Å². The van der Waals surface area contributed by atoms with Crippen molar-refractivity contribution in [3.05, 3.63) is 43.7 Å². The number of halogens is 3. The van der Waals surface area contributed by atoms with Crippen LogP contribution in [0, 0.1) is 20.2 Å². The SMILES string of the molecule is CCCN(CCC)C1([N+](=O)[O-])C=C(C(F)(F)F)C=C([N+](=O)[O-])C1N. The van der Waals surface area contributed by atoms with Gasteiger partial charge < -0.3 is 5.73 Å². The lowest BCUT2D eigenvalue weighted by atomic mass is 9.87. The highest BCUT2D eigenvalue weighted by atomic mass is 19.4. The van der Waals surface area contributed by atoms with Gasteiger partial charge in [0.15, 0.2) is 6.04 Å². The van der Waals surface area contributed by atoms with Gasteiger partial charge in [-0.3, -0.25) is 20.2 Å². The molecule has 0 aromatic carbocycles. The van der Waals surface area contributed by atoms with Gasteiger partial charge in [-0.1, -0.05) is 13.8 Å². The number of nitrogens with zero attached hydrogens (tertiary/aromatic N) is 3. The zero-order chi connectivity index (χ0) is 18.7. The molecule has 24 heavy (non-hydrogen) atoms. The first-order valence-electron chi connectivity index (χ1n) is 7.33. The Bertz CT molecular complexity index is 570. The van der Waals surface area contributed by atoms with Crippen molar-refractivity contribution in [1.29, 1.82) is 0 Å². The Hall–Kier alpha value is -2.01. The lowest BCUT2D eigenvalue weighted by Crippen LogP contribution is -2.66. The second-order valence-electron chi connectivity index (χ2n) is 5.43. The normalized spacial score (nSPS) is 24.5. The number of alkyl halides is 3. The van der Waals surface area contributed by atoms with Crippen LogP contribution in [0.4, 0.5) is 13.2 Å². The number of rotatable bonds is 7. The fourth-order valence-electron chi connectivity index (χ4n) is 2.74. The van der Waals surface area contributed by atoms with E-state index >= 15 is 0 Å². The van der Waals surface area contributed by atoms with Crippen molar-refractivity contribution in [3.8, 4) is 0 Å². The van der Waals surface area contributed by atoms with E-state index in [1.165, 1.54) is 4.90 Å². The molecule has 1 rings (SSSR count). The van der Waals surface area contributed by atoms with Crippen molar-refractivity contribution in [2.45, 2.75) is 44.6 Å². The number of nitro groups is 2. The van der Waals surface area contributed by atoms with Crippen LogP contribution in [0.1, 0.15) is 26.7 Å². The Labute approximate surface area is 136 Å². The third-order valence-corrected chi connectivity index (χ3v) is 3.77. The van der Waals surface area contributed by atoms with E-state index in [-0.39, 0.29) is 19.2 Å². The van der Waals surface area contributed by atoms with Crippen molar-refractivity contribution in [1.82, 2.24) is 4.90 Å². The van der Waals surface area contributed by atoms with Gasteiger partial charge in [-0.15, -0.1) is 0 Å². The van der Waals surface area contributed by atoms with Gasteiger partial charge in [-0.05, 0) is 12.8 Å². The first kappa shape index (κ1) is 20.0. The first-order valence-corrected chi connectivity index (χ1v) is 7.33. The molecule has 11 heteroatoms. The molecule has 0 saturated heterocycles. The average Bonchev–Trinajstić information content (AvgIpc) is 2.45. The van der Waals surface area contributed by atoms with Gasteiger partial charge in [0.1, 0.15) is 0 Å². The molecule has 1 aliphatic rings. The maximum absolute atomic E-state index is 13.1. The predicted molar refractivity (Wildman–Crippen MR) is 79.1 cm³/mol. The highest BCUT2D eigenvalue weighted by Crippen LogP contribution is 2.38. The topological polar surface area (TPSA) is 116 Å². The minimum Gasteiger partial charge on any atom is -0.311 e. The molecule has 0 aromatic heterocycles. The smallest absolute Gasteiger partial charge is 0.311 e. The van der Waals surface area contributed by atoms with Crippen LogP contribution in [0.25, 0.3) is 0 Å². The van der Waals surface area contributed by atoms with E-state index in [0.717, 1.165) is 0 Å². The summed E-state index contributed by atoms with van der Waals surface area (Å²) in [4.78, 5) is 21.9. The summed E-state index contributed by atoms with van der Waals surface area (Å²) in [7, 11) is 0. The third kappa shape index (κ3) is 3.56. The van der Waals surface area contributed by atoms with Gasteiger partial charge in [-0.2, -0.15) is 13.2 Å². The summed E-state index contributed by atoms with van der Waals surface area (Å²) >= 11 is 0. The Kier molecular flexibility index (Phi) is 6.06. The molecule has 0 radical (unpaired) electrons. The van der Waals surface area contributed by atoms with Crippen LogP contribution in [0.3, 0.4) is 0 Å². The Morgan fingerprint density at radius 3 is 2.08 bits per heavy atom. The first-order chi connectivity index (χ1) is 11.0. The number of hydrogen-bond donors (Lipinski definition) is 1. The van der Waals surface area contributed by atoms with E-state index in [2.05, 4.69) is 0 Å². The van der Waals surface area contributed by atoms with Crippen LogP contribution >= 0.6 is 0 Å². The summed E-state index contributed by atoms with van der Waals surface area (Å²) in [6.07, 6.45) is -3.48. The molecule has 1 aliphatic carbocycles. The summed E-state index contributed by atoms with van der Waals surface area (Å²) in [5, 5.41) is 22.8. The molecule has 0 aliphatic heterocycles. The molecule has 0 fully saturated rings. The summed E-state index contributed by atoms with van der Waals surface area (Å²) in [6.45, 7) is 3.55. The lowest BCUT2D eigenvalue weighted by Gasteiger charge is -2.38. The van der Waals surface area contributed by atoms with Gasteiger partial charge in [0.05, 0.1) is 10.5 Å². The lowest BCUT2D eigenvalue weighted by molar-refractivity contribution is -0.595. The van der Waals surface area contributed by atoms with Crippen molar-refractivity contribution >= 4 is 0 Å². The van der Waals surface area contributed by atoms with Crippen LogP contribution in [0.2, 0.25) is 0 Å². The van der Waals surface area contributed by atoms with Gasteiger partial charge >= 0.3 is 11.8 Å². The Balaban J connectivity index is 3.66. The van der Waals surface area contributed by atoms with Crippen molar-refractivity contribution in [2.24, 2.45) is 5.73 Å². The minimum atomic E-state index is -4.97. The zero-order valence-corrected chi connectivity index (χ0v) is 13.2. The van der Waals surface area contributed by atoms with Gasteiger partial charge in [0.2, 0.25) is 0 Å². The monoisotopic (exact) mass is 352 g/mol. The van der Waals surface area contributed by atoms with E-state index < -0.39 is 39.0 Å². The van der Waals surface area contributed by atoms with Crippen LogP contribution in [0.15, 0.2) is 23.4 Å². The molecule has 2 unspecified atom stereocenters. The molecular formula is C13H19F3N4O4. The average molecular weight is 352 g/mol. The molecule has 0 aromatic rings. The number of hydrogen-bond acceptors (Lipinski definition) is 6. The molecule has 136 valence electrons. The van der Waals surface area contributed by atoms with Gasteiger partial charge in [0.25, 0.3) is 5.70 Å². The second kappa shape index (κ2) is 7.26. The van der Waals surface area contributed by atoms with E-state index in [1.54, 1.807) is 13.8 Å². The molecule has 2 atom stereocenters. The molecular weight excluding hydrogens is 333 g/mol. The quantitative estimate of drug-likeness (QED) is 0.426. The fourth-order valence-corrected chi connectivity index (χ4v) is 2.74. The third-order valence-electron chi connectivity index (χ3n) is 3.77. The Morgan fingerprint density at radius 1 is 1.25 bits per heavy atom. The van der Waals surface area contributed by atoms with E-state index in [9.17, 15) is 33.4 Å². The summed E-state index contributed by atoms with van der Waals surface area (Å²) < 4.78 is 39.4. The molecule has 8 nitrogen and oxygen atoms in total. The van der Waals surface area contributed by atoms with Crippen LogP contribution in [-0.2, 0) is 0 Å². The maximum atomic E-state index is 13.1. The fraction of sp³-hybridized carbons (Fsp3) is 0.692. The minimum absolute atomic E-state index is 0.0785. The predicted octanol–water partition coefficient (Wildman–Crippen LogP) is 2.07. The molecule has 0 amide bonds. The molecule has 0 spiro atoms. The van der Waals surface area contributed by atoms with Crippen LogP contribution in [-0.4, -0.2) is 45.7 Å². The van der Waals surface area contributed by atoms with E-state index in [1.807, 2.05) is 0 Å². The highest BCUT2D eigenvalue weighted by Gasteiger charge is 2.60. The molecule has 0 saturated carbocycles. The summed E-state index contributed by atoms with van der Waals surface area (Å²) in [5.41, 5.74) is 0.733. The van der Waals surface area contributed by atoms with E-state index in [4.69, 9.17) is 5.73 Å². The summed E-state index contributed by atoms with van der Waals surface area (Å²) in [5.74, 6) is 0. The van der Waals surface area contributed by atoms with Crippen LogP contribution in [0.5, 0.6) is 0 Å². The highest BCUT2D eigenvalue weighted by molar-refractivity contribution is 5.37. The Morgan fingerprint density at radius 2 is 1.75 bits per heavy atom. The molecule has 0 bridgehead atoms. The number of nitrogens with two attached hydrogens (primary N) is 1. The standard InChI is InChI=1S/C13H19F3N4O4/c1-3-5-18(6-4-2)12(20(23)24)8-9(13(14,15)16)7-10(11(12)17)19(21)22/h7-8,11H,3-6,17H2,1-2H3. The molecule has 0 heterocycles. The largest absolute Gasteiger partial charge is 0.416 e. The zero-order valence-electron chi connectivity index (χ0n) is 13.2. The summed E-state index contributed by atoms with van der Waals surface area (Å²) in [6, 6.07) is -1.83. The maximum Gasteiger partial charge on any atom is 0.416 e. The van der Waals surface area contributed by atoms with Crippen molar-refractivity contribution in [3.63, 3.8) is 0 Å².